The average Bonchev–Trinajstić information content (AvgIpc) is 2.44. The van der Waals surface area contributed by atoms with E-state index in [0.29, 0.717) is 21.8 Å². The van der Waals surface area contributed by atoms with Crippen LogP contribution in [0.3, 0.4) is 0 Å². The van der Waals surface area contributed by atoms with Crippen LogP contribution in [0.5, 0.6) is 0 Å². The van der Waals surface area contributed by atoms with Gasteiger partial charge in [0.05, 0.1) is 17.2 Å². The van der Waals surface area contributed by atoms with Gasteiger partial charge in [-0.15, -0.1) is 0 Å². The molecule has 0 aliphatic heterocycles. The molecule has 1 aromatic carbocycles. The second kappa shape index (κ2) is 6.91. The Kier molecular flexibility index (Phi) is 5.83. The van der Waals surface area contributed by atoms with Gasteiger partial charge in [-0.25, -0.2) is 0 Å². The number of amides is 1. The maximum atomic E-state index is 12.1. The Morgan fingerprint density at radius 1 is 1.44 bits per heavy atom. The van der Waals surface area contributed by atoms with Gasteiger partial charge < -0.3 is 5.32 Å². The summed E-state index contributed by atoms with van der Waals surface area (Å²) in [4.78, 5) is 12.1. The molecule has 3 nitrogen and oxygen atoms in total. The van der Waals surface area contributed by atoms with E-state index < -0.39 is 0 Å². The van der Waals surface area contributed by atoms with Crippen molar-refractivity contribution < 1.29 is 4.79 Å². The maximum absolute atomic E-state index is 12.1. The van der Waals surface area contributed by atoms with Crippen molar-refractivity contribution in [3.63, 3.8) is 0 Å². The number of halogens is 2. The number of nitrogens with zero attached hydrogens (tertiary/aromatic N) is 1. The molecule has 0 spiro atoms. The number of carbonyl (C=O) groups excluding carboxylic acids is 1. The predicted octanol–water partition coefficient (Wildman–Crippen LogP) is 3.23. The van der Waals surface area contributed by atoms with Gasteiger partial charge in [-0.3, -0.25) is 4.79 Å². The number of alkyl halides is 2. The Hall–Kier alpha value is -0.860. The van der Waals surface area contributed by atoms with Gasteiger partial charge in [0.1, 0.15) is 0 Å². The first-order valence-corrected chi connectivity index (χ1v) is 7.79. The van der Waals surface area contributed by atoms with Gasteiger partial charge >= 0.3 is 0 Å². The average molecular weight is 374 g/mol. The summed E-state index contributed by atoms with van der Waals surface area (Å²) >= 11 is 6.85. The Morgan fingerprint density at radius 2 is 2.11 bits per heavy atom. The molecule has 0 bridgehead atoms. The second-order valence-corrected chi connectivity index (χ2v) is 5.17. The third-order valence-corrected chi connectivity index (χ3v) is 4.97. The summed E-state index contributed by atoms with van der Waals surface area (Å²) in [5.41, 5.74) is 0.691. The van der Waals surface area contributed by atoms with Crippen molar-refractivity contribution in [1.82, 2.24) is 5.32 Å². The van der Waals surface area contributed by atoms with Crippen LogP contribution in [0.15, 0.2) is 24.3 Å². The minimum Gasteiger partial charge on any atom is -0.345 e. The van der Waals surface area contributed by atoms with E-state index in [2.05, 4.69) is 37.2 Å². The molecule has 96 valence electrons. The van der Waals surface area contributed by atoms with Gasteiger partial charge in [-0.05, 0) is 24.6 Å². The minimum absolute atomic E-state index is 0.159. The first-order valence-electron chi connectivity index (χ1n) is 5.55. The van der Waals surface area contributed by atoms with Gasteiger partial charge in [-0.2, -0.15) is 5.26 Å². The molecular weight excluding hydrogens is 360 g/mol. The van der Waals surface area contributed by atoms with Crippen LogP contribution in [-0.4, -0.2) is 22.1 Å². The van der Waals surface area contributed by atoms with Crippen LogP contribution in [0.1, 0.15) is 29.3 Å². The van der Waals surface area contributed by atoms with E-state index in [1.165, 1.54) is 0 Å². The van der Waals surface area contributed by atoms with Crippen LogP contribution < -0.4 is 5.32 Å². The zero-order valence-electron chi connectivity index (χ0n) is 10.0. The summed E-state index contributed by atoms with van der Waals surface area (Å²) in [5.74, 6) is -0.159. The molecular formula is C13H14Br2N2O. The fourth-order valence-corrected chi connectivity index (χ4v) is 3.42. The van der Waals surface area contributed by atoms with Crippen molar-refractivity contribution in [2.75, 3.05) is 10.7 Å². The van der Waals surface area contributed by atoms with E-state index in [4.69, 9.17) is 5.26 Å². The zero-order chi connectivity index (χ0) is 13.6. The van der Waals surface area contributed by atoms with Gasteiger partial charge in [-0.1, -0.05) is 44.8 Å². The molecule has 0 aliphatic carbocycles. The van der Waals surface area contributed by atoms with Gasteiger partial charge in [0.15, 0.2) is 0 Å². The molecule has 0 radical (unpaired) electrons. The summed E-state index contributed by atoms with van der Waals surface area (Å²) < 4.78 is 0. The molecule has 0 fully saturated rings. The normalized spacial score (nSPS) is 10.8. The highest BCUT2D eigenvalue weighted by atomic mass is 79.9. The second-order valence-electron chi connectivity index (χ2n) is 4.05. The Labute approximate surface area is 124 Å². The molecule has 1 rings (SSSR count). The molecule has 0 aliphatic rings. The first kappa shape index (κ1) is 15.2. The standard InChI is InChI=1S/C13H14Br2N2O/c1-2-13(8-14,9-15)17-12(18)11-5-3-4-10(6-11)7-16/h3-6H,2,8-9H2,1H3,(H,17,18). The van der Waals surface area contributed by atoms with Gasteiger partial charge in [0.2, 0.25) is 0 Å². The maximum Gasteiger partial charge on any atom is 0.251 e. The Morgan fingerprint density at radius 3 is 2.61 bits per heavy atom. The number of nitriles is 1. The van der Waals surface area contributed by atoms with E-state index in [0.717, 1.165) is 6.42 Å². The zero-order valence-corrected chi connectivity index (χ0v) is 13.2. The number of rotatable bonds is 5. The first-order chi connectivity index (χ1) is 8.60. The lowest BCUT2D eigenvalue weighted by Crippen LogP contribution is -2.51. The van der Waals surface area contributed by atoms with Crippen molar-refractivity contribution in [2.45, 2.75) is 18.9 Å². The predicted molar refractivity (Wildman–Crippen MR) is 79.2 cm³/mol. The quantitative estimate of drug-likeness (QED) is 0.805. The molecule has 0 unspecified atom stereocenters. The lowest BCUT2D eigenvalue weighted by molar-refractivity contribution is 0.0915. The lowest BCUT2D eigenvalue weighted by atomic mass is 10.0. The van der Waals surface area contributed by atoms with Crippen LogP contribution >= 0.6 is 31.9 Å². The van der Waals surface area contributed by atoms with E-state index in [9.17, 15) is 4.79 Å². The summed E-state index contributed by atoms with van der Waals surface area (Å²) in [6, 6.07) is 8.72. The molecule has 1 aromatic rings. The lowest BCUT2D eigenvalue weighted by Gasteiger charge is -2.30. The van der Waals surface area contributed by atoms with Crippen molar-refractivity contribution in [2.24, 2.45) is 0 Å². The van der Waals surface area contributed by atoms with Gasteiger partial charge in [0.25, 0.3) is 5.91 Å². The summed E-state index contributed by atoms with van der Waals surface area (Å²) in [5, 5.41) is 13.2. The number of nitrogens with one attached hydrogen (secondary N) is 1. The molecule has 18 heavy (non-hydrogen) atoms. The van der Waals surface area contributed by atoms with Crippen molar-refractivity contribution in [3.05, 3.63) is 35.4 Å². The summed E-state index contributed by atoms with van der Waals surface area (Å²) in [7, 11) is 0. The van der Waals surface area contributed by atoms with Crippen LogP contribution in [0.2, 0.25) is 0 Å². The van der Waals surface area contributed by atoms with Crippen LogP contribution in [0.4, 0.5) is 0 Å². The van der Waals surface area contributed by atoms with Crippen molar-refractivity contribution in [1.29, 1.82) is 5.26 Å². The minimum atomic E-state index is -0.306. The number of hydrogen-bond acceptors (Lipinski definition) is 2. The SMILES string of the molecule is CCC(CBr)(CBr)NC(=O)c1cccc(C#N)c1. The summed E-state index contributed by atoms with van der Waals surface area (Å²) in [6.45, 7) is 2.02. The highest BCUT2D eigenvalue weighted by Gasteiger charge is 2.28. The molecule has 5 heteroatoms. The molecule has 1 amide bonds. The van der Waals surface area contributed by atoms with Crippen LogP contribution in [-0.2, 0) is 0 Å². The topological polar surface area (TPSA) is 52.9 Å². The van der Waals surface area contributed by atoms with Crippen molar-refractivity contribution in [3.8, 4) is 6.07 Å². The highest BCUT2D eigenvalue weighted by molar-refractivity contribution is 9.09. The fraction of sp³-hybridized carbons (Fsp3) is 0.385. The van der Waals surface area contributed by atoms with E-state index in [1.807, 2.05) is 13.0 Å². The fourth-order valence-electron chi connectivity index (χ4n) is 1.42. The molecule has 0 saturated heterocycles. The molecule has 0 atom stereocenters. The third-order valence-electron chi connectivity index (χ3n) is 2.82. The van der Waals surface area contributed by atoms with Gasteiger partial charge in [0, 0.05) is 16.2 Å². The van der Waals surface area contributed by atoms with E-state index in [1.54, 1.807) is 24.3 Å². The Bertz CT molecular complexity index is 456. The molecule has 0 saturated carbocycles. The number of hydrogen-bond donors (Lipinski definition) is 1. The summed E-state index contributed by atoms with van der Waals surface area (Å²) in [6.07, 6.45) is 0.813. The third kappa shape index (κ3) is 3.56. The monoisotopic (exact) mass is 372 g/mol. The highest BCUT2D eigenvalue weighted by Crippen LogP contribution is 2.18. The number of carbonyl (C=O) groups is 1. The largest absolute Gasteiger partial charge is 0.345 e. The molecule has 1 N–H and O–H groups in total. The Balaban J connectivity index is 2.91. The number of benzene rings is 1. The van der Waals surface area contributed by atoms with E-state index in [-0.39, 0.29) is 11.4 Å². The van der Waals surface area contributed by atoms with Crippen molar-refractivity contribution >= 4 is 37.8 Å². The molecule has 0 aromatic heterocycles. The van der Waals surface area contributed by atoms with Crippen LogP contribution in [0, 0.1) is 11.3 Å². The smallest absolute Gasteiger partial charge is 0.251 e. The van der Waals surface area contributed by atoms with Crippen LogP contribution in [0.25, 0.3) is 0 Å². The van der Waals surface area contributed by atoms with E-state index >= 15 is 0 Å². The molecule has 0 heterocycles.